The molecule has 0 aromatic heterocycles. The fraction of sp³-hybridized carbons (Fsp3) is 0.423. The van der Waals surface area contributed by atoms with E-state index in [4.69, 9.17) is 9.31 Å². The quantitative estimate of drug-likeness (QED) is 0.397. The lowest BCUT2D eigenvalue weighted by Gasteiger charge is -2.39. The van der Waals surface area contributed by atoms with Crippen molar-refractivity contribution in [1.82, 2.24) is 9.80 Å². The molecule has 0 saturated carbocycles. The Bertz CT molecular complexity index is 1070. The predicted octanol–water partition coefficient (Wildman–Crippen LogP) is 2.54. The summed E-state index contributed by atoms with van der Waals surface area (Å²) in [7, 11) is -0.528. The summed E-state index contributed by atoms with van der Waals surface area (Å²) in [4.78, 5) is 41.9. The highest BCUT2D eigenvalue weighted by atomic mass is 16.7. The first-order valence-corrected chi connectivity index (χ1v) is 11.7. The molecule has 0 radical (unpaired) electrons. The SMILES string of the molecule is CC1CN(C(=O)c2ccccc2)CCN1C(=O)C(=O)c1ccc(B2OC(C)(C)C(C)(C)O2)cc1. The largest absolute Gasteiger partial charge is 0.494 e. The van der Waals surface area contributed by atoms with E-state index < -0.39 is 30.0 Å². The van der Waals surface area contributed by atoms with Crippen LogP contribution in [0.5, 0.6) is 0 Å². The summed E-state index contributed by atoms with van der Waals surface area (Å²) in [5.74, 6) is -1.18. The second kappa shape index (κ2) is 9.00. The van der Waals surface area contributed by atoms with Crippen molar-refractivity contribution < 1.29 is 23.7 Å². The fourth-order valence-electron chi connectivity index (χ4n) is 4.23. The van der Waals surface area contributed by atoms with Crippen LogP contribution < -0.4 is 5.46 Å². The van der Waals surface area contributed by atoms with Crippen molar-refractivity contribution in [2.75, 3.05) is 19.6 Å². The normalized spacial score (nSPS) is 21.4. The Morgan fingerprint density at radius 3 is 2.00 bits per heavy atom. The third kappa shape index (κ3) is 4.52. The highest BCUT2D eigenvalue weighted by Gasteiger charge is 2.51. The first-order valence-electron chi connectivity index (χ1n) is 11.7. The lowest BCUT2D eigenvalue weighted by Crippen LogP contribution is -2.56. The molecule has 2 amide bonds. The van der Waals surface area contributed by atoms with E-state index in [-0.39, 0.29) is 11.9 Å². The summed E-state index contributed by atoms with van der Waals surface area (Å²) < 4.78 is 12.1. The monoisotopic (exact) mass is 462 g/mol. The molecule has 2 fully saturated rings. The maximum Gasteiger partial charge on any atom is 0.494 e. The summed E-state index contributed by atoms with van der Waals surface area (Å²) in [6.07, 6.45) is 0. The van der Waals surface area contributed by atoms with Crippen molar-refractivity contribution in [1.29, 1.82) is 0 Å². The average Bonchev–Trinajstić information content (AvgIpc) is 3.05. The Hall–Kier alpha value is -2.97. The number of benzene rings is 2. The summed E-state index contributed by atoms with van der Waals surface area (Å²) >= 11 is 0. The molecule has 2 saturated heterocycles. The van der Waals surface area contributed by atoms with E-state index in [1.807, 2.05) is 52.8 Å². The van der Waals surface area contributed by atoms with Crippen LogP contribution in [0.15, 0.2) is 54.6 Å². The number of carbonyl (C=O) groups excluding carboxylic acids is 3. The Morgan fingerprint density at radius 1 is 0.853 bits per heavy atom. The molecule has 1 unspecified atom stereocenters. The van der Waals surface area contributed by atoms with Crippen LogP contribution in [-0.4, -0.2) is 71.4 Å². The van der Waals surface area contributed by atoms with Crippen LogP contribution in [0.25, 0.3) is 0 Å². The van der Waals surface area contributed by atoms with Crippen LogP contribution >= 0.6 is 0 Å². The van der Waals surface area contributed by atoms with Crippen molar-refractivity contribution >= 4 is 30.2 Å². The summed E-state index contributed by atoms with van der Waals surface area (Å²) in [5, 5.41) is 0. The third-order valence-corrected chi connectivity index (χ3v) is 7.09. The highest BCUT2D eigenvalue weighted by molar-refractivity contribution is 6.62. The molecule has 7 nitrogen and oxygen atoms in total. The van der Waals surface area contributed by atoms with Gasteiger partial charge >= 0.3 is 7.12 Å². The van der Waals surface area contributed by atoms with Gasteiger partial charge in [-0.05, 0) is 52.2 Å². The number of amides is 2. The van der Waals surface area contributed by atoms with Crippen LogP contribution in [-0.2, 0) is 14.1 Å². The van der Waals surface area contributed by atoms with Gasteiger partial charge in [0.25, 0.3) is 11.8 Å². The van der Waals surface area contributed by atoms with E-state index in [1.54, 1.807) is 46.2 Å². The molecule has 0 aliphatic carbocycles. The molecule has 8 heteroatoms. The Kier molecular flexibility index (Phi) is 6.40. The molecule has 2 aromatic rings. The lowest BCUT2D eigenvalue weighted by molar-refractivity contribution is -0.130. The van der Waals surface area contributed by atoms with Gasteiger partial charge in [-0.15, -0.1) is 0 Å². The number of piperazine rings is 1. The second-order valence-electron chi connectivity index (χ2n) is 10.0. The molecule has 34 heavy (non-hydrogen) atoms. The molecule has 1 atom stereocenters. The van der Waals surface area contributed by atoms with Gasteiger partial charge in [0.1, 0.15) is 0 Å². The first kappa shape index (κ1) is 24.2. The van der Waals surface area contributed by atoms with E-state index in [0.29, 0.717) is 30.8 Å². The van der Waals surface area contributed by atoms with Gasteiger partial charge < -0.3 is 19.1 Å². The van der Waals surface area contributed by atoms with E-state index in [1.165, 1.54) is 0 Å². The van der Waals surface area contributed by atoms with Crippen LogP contribution in [0, 0.1) is 0 Å². The molecule has 2 heterocycles. The van der Waals surface area contributed by atoms with Gasteiger partial charge in [-0.1, -0.05) is 42.5 Å². The maximum absolute atomic E-state index is 13.0. The Balaban J connectivity index is 1.39. The Morgan fingerprint density at radius 2 is 1.44 bits per heavy atom. The zero-order valence-electron chi connectivity index (χ0n) is 20.4. The molecule has 2 aliphatic heterocycles. The van der Waals surface area contributed by atoms with E-state index in [0.717, 1.165) is 5.46 Å². The molecule has 0 spiro atoms. The van der Waals surface area contributed by atoms with Crippen molar-refractivity contribution in [2.45, 2.75) is 51.9 Å². The molecular weight excluding hydrogens is 431 g/mol. The minimum atomic E-state index is -0.560. The molecule has 0 bridgehead atoms. The van der Waals surface area contributed by atoms with Gasteiger partial charge in [-0.3, -0.25) is 14.4 Å². The average molecular weight is 462 g/mol. The summed E-state index contributed by atoms with van der Waals surface area (Å²) in [6, 6.07) is 15.6. The van der Waals surface area contributed by atoms with Crippen LogP contribution in [0.4, 0.5) is 0 Å². The number of hydrogen-bond donors (Lipinski definition) is 0. The van der Waals surface area contributed by atoms with Crippen LogP contribution in [0.1, 0.15) is 55.3 Å². The molecule has 4 rings (SSSR count). The number of carbonyl (C=O) groups is 3. The van der Waals surface area contributed by atoms with Crippen molar-refractivity contribution in [3.8, 4) is 0 Å². The predicted molar refractivity (Wildman–Crippen MR) is 130 cm³/mol. The molecule has 2 aromatic carbocycles. The van der Waals surface area contributed by atoms with Gasteiger partial charge in [-0.25, -0.2) is 0 Å². The fourth-order valence-corrected chi connectivity index (χ4v) is 4.23. The topological polar surface area (TPSA) is 76.2 Å². The van der Waals surface area contributed by atoms with E-state index >= 15 is 0 Å². The van der Waals surface area contributed by atoms with Gasteiger partial charge in [-0.2, -0.15) is 0 Å². The summed E-state index contributed by atoms with van der Waals surface area (Å²) in [6.45, 7) is 10.9. The van der Waals surface area contributed by atoms with E-state index in [2.05, 4.69) is 0 Å². The van der Waals surface area contributed by atoms with Crippen LogP contribution in [0.3, 0.4) is 0 Å². The number of hydrogen-bond acceptors (Lipinski definition) is 5. The molecule has 178 valence electrons. The number of ketones is 1. The minimum Gasteiger partial charge on any atom is -0.399 e. The zero-order valence-corrected chi connectivity index (χ0v) is 20.4. The van der Waals surface area contributed by atoms with Crippen molar-refractivity contribution in [2.24, 2.45) is 0 Å². The second-order valence-corrected chi connectivity index (χ2v) is 10.0. The summed E-state index contributed by atoms with van der Waals surface area (Å²) in [5.41, 5.74) is 0.821. The first-order chi connectivity index (χ1) is 16.0. The third-order valence-electron chi connectivity index (χ3n) is 7.09. The lowest BCUT2D eigenvalue weighted by atomic mass is 9.78. The Labute approximate surface area is 201 Å². The molecule has 0 N–H and O–H groups in total. The van der Waals surface area contributed by atoms with Crippen molar-refractivity contribution in [3.05, 3.63) is 65.7 Å². The van der Waals surface area contributed by atoms with Gasteiger partial charge in [0, 0.05) is 36.8 Å². The van der Waals surface area contributed by atoms with Gasteiger partial charge in [0.05, 0.1) is 11.2 Å². The van der Waals surface area contributed by atoms with Crippen molar-refractivity contribution in [3.63, 3.8) is 0 Å². The molecule has 2 aliphatic rings. The number of Topliss-reactive ketones (excluding diaryl/α,β-unsaturated/α-hetero) is 1. The number of nitrogens with zero attached hydrogens (tertiary/aromatic N) is 2. The highest BCUT2D eigenvalue weighted by Crippen LogP contribution is 2.36. The smallest absolute Gasteiger partial charge is 0.399 e. The van der Waals surface area contributed by atoms with Gasteiger partial charge in [0.15, 0.2) is 0 Å². The zero-order chi connectivity index (χ0) is 24.7. The minimum absolute atomic E-state index is 0.0656. The maximum atomic E-state index is 13.0. The van der Waals surface area contributed by atoms with Crippen LogP contribution in [0.2, 0.25) is 0 Å². The standard InChI is InChI=1S/C26H31BN2O5/c1-18-17-28(23(31)20-9-7-6-8-10-20)15-16-29(18)24(32)22(30)19-11-13-21(14-12-19)27-33-25(2,3)26(4,5)34-27/h6-14,18H,15-17H2,1-5H3. The van der Waals surface area contributed by atoms with Gasteiger partial charge in [0.2, 0.25) is 5.78 Å². The van der Waals surface area contributed by atoms with E-state index in [9.17, 15) is 14.4 Å². The molecular formula is C26H31BN2O5. The number of rotatable bonds is 4.